The predicted molar refractivity (Wildman–Crippen MR) is 71.5 cm³/mol. The van der Waals surface area contributed by atoms with Crippen LogP contribution in [0.5, 0.6) is 0 Å². The zero-order valence-electron chi connectivity index (χ0n) is 11.5. The summed E-state index contributed by atoms with van der Waals surface area (Å²) in [6, 6.07) is 2.06. The summed E-state index contributed by atoms with van der Waals surface area (Å²) in [4.78, 5) is 10.9. The number of carboxylic acids is 1. The average Bonchev–Trinajstić information content (AvgIpc) is 2.38. The molecule has 0 radical (unpaired) electrons. The van der Waals surface area contributed by atoms with Gasteiger partial charge in [-0.3, -0.25) is 4.79 Å². The SMILES string of the molecule is CC1CCC(C(=O)O)(S(=O)(=O)c2ccc(F)cc2F)CC1. The molecule has 0 atom stereocenters. The molecule has 21 heavy (non-hydrogen) atoms. The third-order valence-electron chi connectivity index (χ3n) is 4.17. The third-order valence-corrected chi connectivity index (χ3v) is 6.69. The van der Waals surface area contributed by atoms with Gasteiger partial charge in [0.25, 0.3) is 0 Å². The molecule has 1 aliphatic carbocycles. The first-order valence-electron chi connectivity index (χ1n) is 6.64. The number of hydrogen-bond acceptors (Lipinski definition) is 3. The van der Waals surface area contributed by atoms with E-state index in [4.69, 9.17) is 0 Å². The average molecular weight is 318 g/mol. The number of carbonyl (C=O) groups is 1. The fourth-order valence-corrected chi connectivity index (χ4v) is 4.72. The van der Waals surface area contributed by atoms with Gasteiger partial charge in [-0.15, -0.1) is 0 Å². The normalized spacial score (nSPS) is 26.5. The number of halogens is 2. The number of rotatable bonds is 3. The Morgan fingerprint density at radius 3 is 2.33 bits per heavy atom. The molecule has 4 nitrogen and oxygen atoms in total. The lowest BCUT2D eigenvalue weighted by Crippen LogP contribution is -2.49. The van der Waals surface area contributed by atoms with Gasteiger partial charge in [-0.2, -0.15) is 0 Å². The number of aliphatic carboxylic acids is 1. The van der Waals surface area contributed by atoms with E-state index in [0.29, 0.717) is 18.9 Å². The summed E-state index contributed by atoms with van der Waals surface area (Å²) in [5.41, 5.74) is 0. The molecule has 1 fully saturated rings. The molecule has 1 saturated carbocycles. The minimum absolute atomic E-state index is 0.0668. The van der Waals surface area contributed by atoms with Gasteiger partial charge in [-0.05, 0) is 43.7 Å². The maximum atomic E-state index is 13.8. The zero-order chi connectivity index (χ0) is 15.8. The molecule has 0 aliphatic heterocycles. The quantitative estimate of drug-likeness (QED) is 0.870. The van der Waals surface area contributed by atoms with Crippen molar-refractivity contribution >= 4 is 15.8 Å². The first-order chi connectivity index (χ1) is 9.70. The standard InChI is InChI=1S/C14H16F2O4S/c1-9-4-6-14(7-5-9,13(17)18)21(19,20)12-3-2-10(15)8-11(12)16/h2-3,8-9H,4-7H2,1H3,(H,17,18). The van der Waals surface area contributed by atoms with E-state index in [-0.39, 0.29) is 18.8 Å². The fourth-order valence-electron chi connectivity index (χ4n) is 2.73. The Hall–Kier alpha value is -1.50. The molecular weight excluding hydrogens is 302 g/mol. The molecule has 0 spiro atoms. The molecule has 0 saturated heterocycles. The third kappa shape index (κ3) is 2.54. The van der Waals surface area contributed by atoms with Crippen molar-refractivity contribution in [3.8, 4) is 0 Å². The van der Waals surface area contributed by atoms with Gasteiger partial charge in [0.05, 0.1) is 0 Å². The van der Waals surface area contributed by atoms with Crippen molar-refractivity contribution in [2.45, 2.75) is 42.2 Å². The van der Waals surface area contributed by atoms with E-state index in [2.05, 4.69) is 0 Å². The Morgan fingerprint density at radius 2 is 1.86 bits per heavy atom. The molecule has 0 heterocycles. The summed E-state index contributed by atoms with van der Waals surface area (Å²) >= 11 is 0. The second kappa shape index (κ2) is 5.36. The highest BCUT2D eigenvalue weighted by atomic mass is 32.2. The van der Waals surface area contributed by atoms with Crippen molar-refractivity contribution < 1.29 is 27.1 Å². The van der Waals surface area contributed by atoms with Crippen LogP contribution in [0.1, 0.15) is 32.6 Å². The lowest BCUT2D eigenvalue weighted by molar-refractivity contribution is -0.141. The summed E-state index contributed by atoms with van der Waals surface area (Å²) in [5.74, 6) is -3.41. The van der Waals surface area contributed by atoms with Crippen LogP contribution in [0.2, 0.25) is 0 Å². The maximum absolute atomic E-state index is 13.8. The molecule has 0 bridgehead atoms. The van der Waals surface area contributed by atoms with Gasteiger partial charge in [0.1, 0.15) is 16.5 Å². The van der Waals surface area contributed by atoms with Crippen molar-refractivity contribution in [3.63, 3.8) is 0 Å². The van der Waals surface area contributed by atoms with Crippen molar-refractivity contribution in [1.82, 2.24) is 0 Å². The minimum Gasteiger partial charge on any atom is -0.480 e. The summed E-state index contributed by atoms with van der Waals surface area (Å²) in [6.45, 7) is 1.91. The lowest BCUT2D eigenvalue weighted by atomic mass is 9.82. The number of hydrogen-bond donors (Lipinski definition) is 1. The van der Waals surface area contributed by atoms with E-state index in [0.717, 1.165) is 12.1 Å². The smallest absolute Gasteiger partial charge is 0.325 e. The molecule has 0 amide bonds. The topological polar surface area (TPSA) is 71.4 Å². The van der Waals surface area contributed by atoms with Crippen molar-refractivity contribution in [2.24, 2.45) is 5.92 Å². The molecule has 1 aliphatic rings. The fraction of sp³-hybridized carbons (Fsp3) is 0.500. The summed E-state index contributed by atoms with van der Waals surface area (Å²) in [7, 11) is -4.43. The van der Waals surface area contributed by atoms with E-state index in [1.807, 2.05) is 6.92 Å². The van der Waals surface area contributed by atoms with Gasteiger partial charge in [0.2, 0.25) is 0 Å². The summed E-state index contributed by atoms with van der Waals surface area (Å²) in [6.07, 6.45) is 0.744. The van der Waals surface area contributed by atoms with Crippen LogP contribution >= 0.6 is 0 Å². The molecule has 1 aromatic rings. The molecule has 1 N–H and O–H groups in total. The molecule has 0 unspecified atom stereocenters. The van der Waals surface area contributed by atoms with Gasteiger partial charge in [0, 0.05) is 6.07 Å². The van der Waals surface area contributed by atoms with Crippen molar-refractivity contribution in [2.75, 3.05) is 0 Å². The van der Waals surface area contributed by atoms with Gasteiger partial charge in [-0.1, -0.05) is 6.92 Å². The summed E-state index contributed by atoms with van der Waals surface area (Å²) in [5, 5.41) is 9.44. The van der Waals surface area contributed by atoms with E-state index in [1.165, 1.54) is 0 Å². The van der Waals surface area contributed by atoms with Crippen molar-refractivity contribution in [3.05, 3.63) is 29.8 Å². The largest absolute Gasteiger partial charge is 0.480 e. The predicted octanol–water partition coefficient (Wildman–Crippen LogP) is 2.77. The van der Waals surface area contributed by atoms with E-state index in [1.54, 1.807) is 0 Å². The molecule has 2 rings (SSSR count). The van der Waals surface area contributed by atoms with Gasteiger partial charge >= 0.3 is 5.97 Å². The highest BCUT2D eigenvalue weighted by Gasteiger charge is 2.53. The van der Waals surface area contributed by atoms with E-state index in [9.17, 15) is 27.1 Å². The minimum atomic E-state index is -4.43. The van der Waals surface area contributed by atoms with Crippen LogP contribution in [0.15, 0.2) is 23.1 Å². The van der Waals surface area contributed by atoms with Crippen LogP contribution in [-0.2, 0) is 14.6 Å². The van der Waals surface area contributed by atoms with Crippen LogP contribution in [-0.4, -0.2) is 24.2 Å². The van der Waals surface area contributed by atoms with Crippen LogP contribution in [0.3, 0.4) is 0 Å². The highest BCUT2D eigenvalue weighted by Crippen LogP contribution is 2.41. The van der Waals surface area contributed by atoms with Gasteiger partial charge in [0.15, 0.2) is 14.6 Å². The second-order valence-corrected chi connectivity index (χ2v) is 7.79. The van der Waals surface area contributed by atoms with Crippen LogP contribution in [0.4, 0.5) is 8.78 Å². The Bertz CT molecular complexity index is 662. The van der Waals surface area contributed by atoms with Gasteiger partial charge < -0.3 is 5.11 Å². The lowest BCUT2D eigenvalue weighted by Gasteiger charge is -2.35. The molecule has 0 aromatic heterocycles. The number of sulfone groups is 1. The highest BCUT2D eigenvalue weighted by molar-refractivity contribution is 7.93. The number of carboxylic acid groups (broad SMARTS) is 1. The molecular formula is C14H16F2O4S. The monoisotopic (exact) mass is 318 g/mol. The van der Waals surface area contributed by atoms with Crippen molar-refractivity contribution in [1.29, 1.82) is 0 Å². The van der Waals surface area contributed by atoms with Crippen LogP contribution in [0.25, 0.3) is 0 Å². The Kier molecular flexibility index (Phi) is 4.06. The first-order valence-corrected chi connectivity index (χ1v) is 8.12. The van der Waals surface area contributed by atoms with Crippen LogP contribution in [0, 0.1) is 17.6 Å². The first kappa shape index (κ1) is 15.9. The van der Waals surface area contributed by atoms with E-state index < -0.39 is 37.1 Å². The second-order valence-electron chi connectivity index (χ2n) is 5.56. The molecule has 116 valence electrons. The molecule has 7 heteroatoms. The summed E-state index contributed by atoms with van der Waals surface area (Å²) < 4.78 is 50.0. The Balaban J connectivity index is 2.56. The zero-order valence-corrected chi connectivity index (χ0v) is 12.3. The Morgan fingerprint density at radius 1 is 1.29 bits per heavy atom. The Labute approximate surface area is 121 Å². The van der Waals surface area contributed by atoms with Crippen LogP contribution < -0.4 is 0 Å². The molecule has 1 aromatic carbocycles. The maximum Gasteiger partial charge on any atom is 0.325 e. The van der Waals surface area contributed by atoms with Gasteiger partial charge in [-0.25, -0.2) is 17.2 Å². The van der Waals surface area contributed by atoms with E-state index >= 15 is 0 Å². The number of benzene rings is 1.